The van der Waals surface area contributed by atoms with E-state index in [1.54, 1.807) is 12.1 Å². The maximum absolute atomic E-state index is 11.9. The molecule has 1 aliphatic heterocycles. The summed E-state index contributed by atoms with van der Waals surface area (Å²) in [6.45, 7) is 2.04. The summed E-state index contributed by atoms with van der Waals surface area (Å²) < 4.78 is 6.28. The topological polar surface area (TPSA) is 70.7 Å². The lowest BCUT2D eigenvalue weighted by molar-refractivity contribution is -0.130. The van der Waals surface area contributed by atoms with Gasteiger partial charge < -0.3 is 4.74 Å². The first kappa shape index (κ1) is 18.7. The van der Waals surface area contributed by atoms with Crippen LogP contribution in [0, 0.1) is 0 Å². The number of amides is 2. The largest absolute Gasteiger partial charge is 0.484 e. The molecule has 2 N–H and O–H groups in total. The van der Waals surface area contributed by atoms with Crippen LogP contribution in [-0.2, 0) is 9.59 Å². The minimum absolute atomic E-state index is 0.147. The first-order valence-electron chi connectivity index (χ1n) is 8.32. The van der Waals surface area contributed by atoms with Crippen LogP contribution in [0.1, 0.15) is 32.1 Å². The molecule has 0 unspecified atom stereocenters. The van der Waals surface area contributed by atoms with Crippen LogP contribution in [0.2, 0.25) is 0 Å². The molecule has 6 nitrogen and oxygen atoms in total. The molecule has 132 valence electrons. The first-order valence-corrected chi connectivity index (χ1v) is 9.11. The number of benzene rings is 1. The second-order valence-corrected chi connectivity index (χ2v) is 6.80. The molecule has 7 heteroatoms. The number of nitrogens with one attached hydrogen (secondary N) is 2. The average molecular weight is 398 g/mol. The van der Waals surface area contributed by atoms with E-state index in [-0.39, 0.29) is 18.4 Å². The van der Waals surface area contributed by atoms with Gasteiger partial charge in [0.05, 0.1) is 6.54 Å². The average Bonchev–Trinajstić information content (AvgIpc) is 2.55. The number of hydrazine groups is 1. The highest BCUT2D eigenvalue weighted by molar-refractivity contribution is 9.10. The Kier molecular flexibility index (Phi) is 8.04. The standard InChI is InChI=1S/C17H24BrN3O3/c18-14-6-8-15(9-7-14)24-13-17(23)20-19-16(22)12-21-10-4-2-1-3-5-11-21/h6-9H,1-5,10-13H2,(H,19,22)(H,20,23). The molecule has 0 saturated carbocycles. The van der Waals surface area contributed by atoms with Crippen molar-refractivity contribution in [3.8, 4) is 5.75 Å². The third kappa shape index (κ3) is 7.31. The monoisotopic (exact) mass is 397 g/mol. The lowest BCUT2D eigenvalue weighted by Crippen LogP contribution is -2.48. The molecule has 0 aliphatic carbocycles. The maximum Gasteiger partial charge on any atom is 0.276 e. The number of carbonyl (C=O) groups is 2. The van der Waals surface area contributed by atoms with Crippen LogP contribution in [0.5, 0.6) is 5.75 Å². The van der Waals surface area contributed by atoms with Gasteiger partial charge in [-0.3, -0.25) is 25.3 Å². The summed E-state index contributed by atoms with van der Waals surface area (Å²) in [5.41, 5.74) is 4.83. The van der Waals surface area contributed by atoms with Crippen molar-refractivity contribution in [2.45, 2.75) is 32.1 Å². The fraction of sp³-hybridized carbons (Fsp3) is 0.529. The first-order chi connectivity index (χ1) is 11.6. The van der Waals surface area contributed by atoms with Crippen molar-refractivity contribution in [3.05, 3.63) is 28.7 Å². The smallest absolute Gasteiger partial charge is 0.276 e. The highest BCUT2D eigenvalue weighted by Gasteiger charge is 2.13. The van der Waals surface area contributed by atoms with Crippen LogP contribution >= 0.6 is 15.9 Å². The van der Waals surface area contributed by atoms with Crippen molar-refractivity contribution >= 4 is 27.7 Å². The Balaban J connectivity index is 1.63. The summed E-state index contributed by atoms with van der Waals surface area (Å²) in [6.07, 6.45) is 5.99. The molecule has 0 radical (unpaired) electrons. The van der Waals surface area contributed by atoms with Crippen LogP contribution in [0.25, 0.3) is 0 Å². The highest BCUT2D eigenvalue weighted by atomic mass is 79.9. The highest BCUT2D eigenvalue weighted by Crippen LogP contribution is 2.15. The number of hydrogen-bond acceptors (Lipinski definition) is 4. The number of nitrogens with zero attached hydrogens (tertiary/aromatic N) is 1. The molecule has 1 heterocycles. The molecule has 1 saturated heterocycles. The molecule has 0 atom stereocenters. The van der Waals surface area contributed by atoms with Crippen molar-refractivity contribution in [3.63, 3.8) is 0 Å². The van der Waals surface area contributed by atoms with Gasteiger partial charge >= 0.3 is 0 Å². The SMILES string of the molecule is O=C(COc1ccc(Br)cc1)NNC(=O)CN1CCCCCCC1. The van der Waals surface area contributed by atoms with E-state index in [9.17, 15) is 9.59 Å². The van der Waals surface area contributed by atoms with Crippen LogP contribution in [-0.4, -0.2) is 43.0 Å². The van der Waals surface area contributed by atoms with E-state index in [1.165, 1.54) is 19.3 Å². The minimum atomic E-state index is -0.390. The number of ether oxygens (including phenoxy) is 1. The normalized spacial score (nSPS) is 15.9. The Morgan fingerprint density at radius 2 is 1.54 bits per heavy atom. The molecule has 1 fully saturated rings. The molecule has 0 aromatic heterocycles. The number of rotatable bonds is 5. The van der Waals surface area contributed by atoms with E-state index < -0.39 is 0 Å². The fourth-order valence-corrected chi connectivity index (χ4v) is 2.83. The molecule has 2 rings (SSSR count). The van der Waals surface area contributed by atoms with Gasteiger partial charge in [-0.15, -0.1) is 0 Å². The Morgan fingerprint density at radius 1 is 0.958 bits per heavy atom. The Morgan fingerprint density at radius 3 is 2.21 bits per heavy atom. The van der Waals surface area contributed by atoms with E-state index in [0.717, 1.165) is 30.4 Å². The van der Waals surface area contributed by atoms with E-state index in [0.29, 0.717) is 12.3 Å². The number of carbonyl (C=O) groups excluding carboxylic acids is 2. The third-order valence-corrected chi connectivity index (χ3v) is 4.37. The minimum Gasteiger partial charge on any atom is -0.484 e. The number of likely N-dealkylation sites (tertiary alicyclic amines) is 1. The van der Waals surface area contributed by atoms with E-state index in [4.69, 9.17) is 4.74 Å². The van der Waals surface area contributed by atoms with E-state index in [2.05, 4.69) is 31.7 Å². The van der Waals surface area contributed by atoms with E-state index in [1.807, 2.05) is 12.1 Å². The summed E-state index contributed by atoms with van der Waals surface area (Å²) in [4.78, 5) is 25.8. The second-order valence-electron chi connectivity index (χ2n) is 5.88. The predicted octanol–water partition coefficient (Wildman–Crippen LogP) is 2.24. The Bertz CT molecular complexity index is 528. The summed E-state index contributed by atoms with van der Waals surface area (Å²) >= 11 is 3.33. The molecular formula is C17H24BrN3O3. The quantitative estimate of drug-likeness (QED) is 0.747. The van der Waals surface area contributed by atoms with E-state index >= 15 is 0 Å². The van der Waals surface area contributed by atoms with Gasteiger partial charge in [-0.05, 0) is 50.2 Å². The van der Waals surface area contributed by atoms with Gasteiger partial charge in [0, 0.05) is 4.47 Å². The van der Waals surface area contributed by atoms with Crippen molar-refractivity contribution in [1.82, 2.24) is 15.8 Å². The fourth-order valence-electron chi connectivity index (χ4n) is 2.57. The molecular weight excluding hydrogens is 374 g/mol. The van der Waals surface area contributed by atoms with Gasteiger partial charge in [0.2, 0.25) is 0 Å². The molecule has 1 aromatic rings. The van der Waals surface area contributed by atoms with Crippen LogP contribution in [0.15, 0.2) is 28.7 Å². The van der Waals surface area contributed by atoms with Crippen LogP contribution < -0.4 is 15.6 Å². The zero-order valence-corrected chi connectivity index (χ0v) is 15.3. The van der Waals surface area contributed by atoms with Gasteiger partial charge in [-0.2, -0.15) is 0 Å². The summed E-state index contributed by atoms with van der Waals surface area (Å²) in [5, 5.41) is 0. The van der Waals surface area contributed by atoms with Gasteiger partial charge in [-0.1, -0.05) is 35.2 Å². The Labute approximate surface area is 151 Å². The van der Waals surface area contributed by atoms with Crippen molar-refractivity contribution < 1.29 is 14.3 Å². The maximum atomic E-state index is 11.9. The second kappa shape index (κ2) is 10.3. The van der Waals surface area contributed by atoms with Gasteiger partial charge in [-0.25, -0.2) is 0 Å². The van der Waals surface area contributed by atoms with Crippen LogP contribution in [0.3, 0.4) is 0 Å². The zero-order chi connectivity index (χ0) is 17.2. The van der Waals surface area contributed by atoms with Crippen LogP contribution in [0.4, 0.5) is 0 Å². The molecule has 0 spiro atoms. The van der Waals surface area contributed by atoms with Crippen molar-refractivity contribution in [2.75, 3.05) is 26.2 Å². The molecule has 0 bridgehead atoms. The summed E-state index contributed by atoms with van der Waals surface area (Å²) in [7, 11) is 0. The third-order valence-electron chi connectivity index (χ3n) is 3.84. The zero-order valence-electron chi connectivity index (χ0n) is 13.7. The summed E-state index contributed by atoms with van der Waals surface area (Å²) in [5.74, 6) is 0.00630. The lowest BCUT2D eigenvalue weighted by Gasteiger charge is -2.23. The van der Waals surface area contributed by atoms with Crippen molar-refractivity contribution in [2.24, 2.45) is 0 Å². The number of hydrogen-bond donors (Lipinski definition) is 2. The summed E-state index contributed by atoms with van der Waals surface area (Å²) in [6, 6.07) is 7.19. The molecule has 24 heavy (non-hydrogen) atoms. The molecule has 2 amide bonds. The van der Waals surface area contributed by atoms with Gasteiger partial charge in [0.25, 0.3) is 11.8 Å². The predicted molar refractivity (Wildman–Crippen MR) is 95.4 cm³/mol. The lowest BCUT2D eigenvalue weighted by atomic mass is 10.1. The van der Waals surface area contributed by atoms with Crippen molar-refractivity contribution in [1.29, 1.82) is 0 Å². The molecule has 1 aliphatic rings. The molecule has 1 aromatic carbocycles. The Hall–Kier alpha value is -1.60. The van der Waals surface area contributed by atoms with Gasteiger partial charge in [0.15, 0.2) is 6.61 Å². The number of halogens is 1. The van der Waals surface area contributed by atoms with Gasteiger partial charge in [0.1, 0.15) is 5.75 Å².